The summed E-state index contributed by atoms with van der Waals surface area (Å²) < 4.78 is 0. The monoisotopic (exact) mass is 1200 g/mol. The Hall–Kier alpha value is -5.90. The Morgan fingerprint density at radius 2 is 0.524 bits per heavy atom. The number of carboxylic acid groups (broad SMARTS) is 10. The number of carbonyl (C=O) groups is 10. The van der Waals surface area contributed by atoms with E-state index in [1.165, 1.54) is 6.92 Å². The third-order valence-electron chi connectivity index (χ3n) is 9.89. The first kappa shape index (κ1) is 92.5. The topological polar surface area (TPSA) is 735 Å². The third kappa shape index (κ3) is 82.9. The molecule has 0 amide bonds. The quantitative estimate of drug-likeness (QED) is 0.0299. The van der Waals surface area contributed by atoms with Crippen molar-refractivity contribution in [1.82, 2.24) is 10.6 Å². The van der Waals surface area contributed by atoms with Gasteiger partial charge in [-0.3, -0.25) is 47.9 Å². The van der Waals surface area contributed by atoms with E-state index in [9.17, 15) is 47.9 Å². The highest BCUT2D eigenvalue weighted by atomic mass is 16.4. The average Bonchev–Trinajstić information content (AvgIpc) is 4.18. The van der Waals surface area contributed by atoms with Crippen molar-refractivity contribution in [2.45, 2.75) is 177 Å². The Morgan fingerprint density at radius 1 is 0.354 bits per heavy atom. The van der Waals surface area contributed by atoms with Gasteiger partial charge in [0.05, 0.1) is 13.1 Å². The molecule has 0 unspecified atom stereocenters. The van der Waals surface area contributed by atoms with Gasteiger partial charge in [0.25, 0.3) is 0 Å². The van der Waals surface area contributed by atoms with Crippen LogP contribution in [0.5, 0.6) is 0 Å². The molecular formula is C47H105N15O20. The van der Waals surface area contributed by atoms with Gasteiger partial charge in [0, 0.05) is 0 Å². The van der Waals surface area contributed by atoms with Crippen LogP contribution in [0, 0.1) is 0 Å². The van der Waals surface area contributed by atoms with E-state index >= 15 is 0 Å². The molecular weight excluding hydrogens is 1090 g/mol. The molecule has 0 aromatic heterocycles. The van der Waals surface area contributed by atoms with Crippen LogP contribution in [0.4, 0.5) is 0 Å². The minimum atomic E-state index is -0.968. The molecule has 2 heterocycles. The number of unbranched alkanes of at least 4 members (excludes halogenated alkanes) is 5. The lowest BCUT2D eigenvalue weighted by Crippen LogP contribution is -2.29. The van der Waals surface area contributed by atoms with Gasteiger partial charge in [0.1, 0.15) is 48.3 Å². The molecule has 0 bridgehead atoms. The highest BCUT2D eigenvalue weighted by molar-refractivity contribution is 5.75. The maximum absolute atomic E-state index is 10.1. The summed E-state index contributed by atoms with van der Waals surface area (Å²) in [5.74, 6) is -9.00. The van der Waals surface area contributed by atoms with Crippen LogP contribution < -0.4 is 85.2 Å². The van der Waals surface area contributed by atoms with Crippen molar-refractivity contribution in [3.05, 3.63) is 0 Å². The Balaban J connectivity index is -0.000000125. The second kappa shape index (κ2) is 67.6. The standard InChI is InChI=1S/5C6H14N2O2.2C5H9NO2.C3H7NO2.2C2H5NO2/c5*7-4-2-1-3-5(8)6(9)10;2*7-5(8)4-2-1-3-6-4;1-2(4)3(5)6;2*3-1-2(4)5/h5*5H,1-4,7-8H2,(H,9,10);2*4,6H,1-3H2,(H,7,8);2H,4H2,1H3,(H,5,6);2*1,3H2,(H,4,5)/t5*5-;2*4-;2-;;/m00000000../s1. The van der Waals surface area contributed by atoms with Crippen molar-refractivity contribution >= 4 is 59.7 Å². The number of hydrogen-bond acceptors (Lipinski definition) is 25. The van der Waals surface area contributed by atoms with E-state index in [1.807, 2.05) is 0 Å². The van der Waals surface area contributed by atoms with Crippen molar-refractivity contribution in [2.75, 3.05) is 58.9 Å². The largest absolute Gasteiger partial charge is 0.480 e. The van der Waals surface area contributed by atoms with Crippen LogP contribution >= 0.6 is 0 Å². The summed E-state index contributed by atoms with van der Waals surface area (Å²) in [7, 11) is 0. The van der Waals surface area contributed by atoms with Crippen LogP contribution in [-0.2, 0) is 47.9 Å². The van der Waals surface area contributed by atoms with Crippen LogP contribution in [0.2, 0.25) is 0 Å². The lowest BCUT2D eigenvalue weighted by atomic mass is 10.1. The zero-order valence-corrected chi connectivity index (χ0v) is 47.5. The lowest BCUT2D eigenvalue weighted by molar-refractivity contribution is -0.140. The minimum absolute atomic E-state index is 0.269. The van der Waals surface area contributed by atoms with E-state index in [2.05, 4.69) is 22.1 Å². The maximum Gasteiger partial charge on any atom is 0.320 e. The number of rotatable bonds is 30. The maximum atomic E-state index is 10.1. The Bertz CT molecular complexity index is 1430. The van der Waals surface area contributed by atoms with Gasteiger partial charge in [0.2, 0.25) is 0 Å². The van der Waals surface area contributed by atoms with E-state index in [1.54, 1.807) is 0 Å². The summed E-state index contributed by atoms with van der Waals surface area (Å²) in [6.07, 6.45) is 14.4. The van der Waals surface area contributed by atoms with Crippen molar-refractivity contribution in [3.8, 4) is 0 Å². The molecule has 2 rings (SSSR count). The van der Waals surface area contributed by atoms with Gasteiger partial charge in [0.15, 0.2) is 0 Å². The van der Waals surface area contributed by atoms with E-state index in [-0.39, 0.29) is 25.2 Å². The first-order chi connectivity index (χ1) is 38.2. The van der Waals surface area contributed by atoms with Crippen LogP contribution in [-0.4, -0.2) is 218 Å². The van der Waals surface area contributed by atoms with Gasteiger partial charge >= 0.3 is 59.7 Å². The summed E-state index contributed by atoms with van der Waals surface area (Å²) in [6, 6.07) is -4.85. The molecule has 38 N–H and O–H groups in total. The predicted octanol–water partition coefficient (Wildman–Crippen LogP) is -5.24. The normalized spacial score (nSPS) is 15.3. The van der Waals surface area contributed by atoms with Gasteiger partial charge in [-0.15, -0.1) is 0 Å². The fraction of sp³-hybridized carbons (Fsp3) is 0.787. The first-order valence-electron chi connectivity index (χ1n) is 26.4. The molecule has 35 nitrogen and oxygen atoms in total. The summed E-state index contributed by atoms with van der Waals surface area (Å²) in [5, 5.41) is 87.1. The van der Waals surface area contributed by atoms with E-state index in [0.717, 1.165) is 103 Å². The molecule has 0 radical (unpaired) electrons. The molecule has 2 aliphatic rings. The Kier molecular flexibility index (Phi) is 76.3. The molecule has 82 heavy (non-hydrogen) atoms. The van der Waals surface area contributed by atoms with Gasteiger partial charge in [-0.1, -0.05) is 32.1 Å². The van der Waals surface area contributed by atoms with Gasteiger partial charge in [-0.2, -0.15) is 0 Å². The second-order valence-corrected chi connectivity index (χ2v) is 17.4. The van der Waals surface area contributed by atoms with Crippen molar-refractivity contribution in [1.29, 1.82) is 0 Å². The highest BCUT2D eigenvalue weighted by Gasteiger charge is 2.21. The zero-order chi connectivity index (χ0) is 65.6. The lowest BCUT2D eigenvalue weighted by Gasteiger charge is -2.03. The number of nitrogens with one attached hydrogen (secondary N) is 2. The first-order valence-corrected chi connectivity index (χ1v) is 26.4. The number of aliphatic carboxylic acids is 10. The SMILES string of the molecule is C[C@H](N)C(=O)O.NCC(=O)O.NCC(=O)O.NCCCC[C@H](N)C(=O)O.NCCCC[C@H](N)C(=O)O.NCCCC[C@H](N)C(=O)O.NCCCC[C@H](N)C(=O)O.NCCCC[C@H](N)C(=O)O.O=C(O)[C@@H]1CCCN1.O=C(O)[C@@H]1CCCN1. The molecule has 2 saturated heterocycles. The molecule has 0 aromatic carbocycles. The van der Waals surface area contributed by atoms with Gasteiger partial charge in [-0.05, 0) is 143 Å². The minimum Gasteiger partial charge on any atom is -0.480 e. The smallest absolute Gasteiger partial charge is 0.320 e. The Labute approximate surface area is 479 Å². The molecule has 2 fully saturated rings. The van der Waals surface area contributed by atoms with Crippen LogP contribution in [0.15, 0.2) is 0 Å². The summed E-state index contributed by atoms with van der Waals surface area (Å²) >= 11 is 0. The van der Waals surface area contributed by atoms with Crippen molar-refractivity contribution in [2.24, 2.45) is 74.5 Å². The van der Waals surface area contributed by atoms with Crippen molar-refractivity contribution in [3.63, 3.8) is 0 Å². The molecule has 2 aliphatic heterocycles. The number of nitrogens with two attached hydrogens (primary N) is 13. The summed E-state index contributed by atoms with van der Waals surface area (Å²) in [6.45, 7) is 5.60. The third-order valence-corrected chi connectivity index (χ3v) is 9.89. The van der Waals surface area contributed by atoms with Crippen molar-refractivity contribution < 1.29 is 99.0 Å². The average molecular weight is 1200 g/mol. The number of carboxylic acids is 10. The fourth-order valence-electron chi connectivity index (χ4n) is 4.95. The van der Waals surface area contributed by atoms with Crippen LogP contribution in [0.3, 0.4) is 0 Å². The fourth-order valence-corrected chi connectivity index (χ4v) is 4.95. The van der Waals surface area contributed by atoms with E-state index < -0.39 is 95.9 Å². The highest BCUT2D eigenvalue weighted by Crippen LogP contribution is 2.05. The summed E-state index contributed by atoms with van der Waals surface area (Å²) in [4.78, 5) is 99.0. The van der Waals surface area contributed by atoms with E-state index in [4.69, 9.17) is 114 Å². The molecule has 488 valence electrons. The predicted molar refractivity (Wildman–Crippen MR) is 305 cm³/mol. The molecule has 35 heteroatoms. The zero-order valence-electron chi connectivity index (χ0n) is 47.5. The second-order valence-electron chi connectivity index (χ2n) is 17.4. The van der Waals surface area contributed by atoms with Crippen LogP contribution in [0.25, 0.3) is 0 Å². The Morgan fingerprint density at radius 3 is 0.598 bits per heavy atom. The number of hydrogen-bond donors (Lipinski definition) is 25. The van der Waals surface area contributed by atoms with Gasteiger partial charge < -0.3 is 136 Å². The molecule has 0 spiro atoms. The summed E-state index contributed by atoms with van der Waals surface area (Å²) in [5.41, 5.74) is 66.1. The molecule has 0 saturated carbocycles. The van der Waals surface area contributed by atoms with Crippen LogP contribution in [0.1, 0.15) is 129 Å². The van der Waals surface area contributed by atoms with E-state index in [0.29, 0.717) is 64.8 Å². The molecule has 0 aromatic rings. The van der Waals surface area contributed by atoms with Gasteiger partial charge in [-0.25, -0.2) is 0 Å². The molecule has 0 aliphatic carbocycles. The molecule has 8 atom stereocenters.